The lowest BCUT2D eigenvalue weighted by Gasteiger charge is -2.13. The van der Waals surface area contributed by atoms with Gasteiger partial charge in [0.05, 0.1) is 10.5 Å². The molecule has 8 nitrogen and oxygen atoms in total. The number of esters is 1. The van der Waals surface area contributed by atoms with Crippen LogP contribution in [0.5, 0.6) is 0 Å². The molecule has 2 amide bonds. The first-order valence-corrected chi connectivity index (χ1v) is 7.73. The molecule has 132 valence electrons. The largest absolute Gasteiger partial charge is 0.459 e. The molecule has 0 bridgehead atoms. The molecule has 3 rings (SSSR count). The monoisotopic (exact) mass is 354 g/mol. The summed E-state index contributed by atoms with van der Waals surface area (Å²) in [5.41, 5.74) is 0.982. The Balaban J connectivity index is 1.70. The van der Waals surface area contributed by atoms with Gasteiger partial charge >= 0.3 is 5.97 Å². The number of nitro groups is 1. The molecule has 8 heteroatoms. The van der Waals surface area contributed by atoms with Crippen molar-refractivity contribution >= 4 is 23.5 Å². The third-order valence-electron chi connectivity index (χ3n) is 3.98. The van der Waals surface area contributed by atoms with Crippen molar-refractivity contribution in [2.45, 2.75) is 13.5 Å². The maximum absolute atomic E-state index is 12.4. The summed E-state index contributed by atoms with van der Waals surface area (Å²) in [6, 6.07) is 11.1. The minimum absolute atomic E-state index is 0.00241. The van der Waals surface area contributed by atoms with Crippen LogP contribution in [0.25, 0.3) is 0 Å². The molecule has 0 N–H and O–H groups in total. The van der Waals surface area contributed by atoms with Gasteiger partial charge in [-0.2, -0.15) is 0 Å². The van der Waals surface area contributed by atoms with E-state index in [-0.39, 0.29) is 17.7 Å². The second-order valence-corrected chi connectivity index (χ2v) is 5.80. The van der Waals surface area contributed by atoms with Crippen molar-refractivity contribution in [1.82, 2.24) is 4.90 Å². The summed E-state index contributed by atoms with van der Waals surface area (Å²) in [4.78, 5) is 47.7. The third-order valence-corrected chi connectivity index (χ3v) is 3.98. The van der Waals surface area contributed by atoms with Crippen molar-refractivity contribution < 1.29 is 24.0 Å². The summed E-state index contributed by atoms with van der Waals surface area (Å²) < 4.78 is 5.08. The SMILES string of the molecule is Cc1ccc(COC(=O)CN2C(=O)c3cccc([N+](=O)[O-])c3C2=O)cc1. The third kappa shape index (κ3) is 3.16. The molecule has 1 aliphatic heterocycles. The standard InChI is InChI=1S/C18H14N2O6/c1-11-5-7-12(8-6-11)10-26-15(21)9-19-17(22)13-3-2-4-14(20(24)25)16(13)18(19)23/h2-8H,9-10H2,1H3. The van der Waals surface area contributed by atoms with E-state index >= 15 is 0 Å². The predicted octanol–water partition coefficient (Wildman–Crippen LogP) is 2.24. The molecule has 0 spiro atoms. The zero-order valence-corrected chi connectivity index (χ0v) is 13.8. The van der Waals surface area contributed by atoms with Crippen molar-refractivity contribution in [3.05, 3.63) is 74.8 Å². The van der Waals surface area contributed by atoms with E-state index in [1.807, 2.05) is 19.1 Å². The van der Waals surface area contributed by atoms with Gasteiger partial charge in [0, 0.05) is 6.07 Å². The van der Waals surface area contributed by atoms with E-state index in [0.29, 0.717) is 4.90 Å². The smallest absolute Gasteiger partial charge is 0.326 e. The number of aryl methyl sites for hydroxylation is 1. The fourth-order valence-electron chi connectivity index (χ4n) is 2.63. The second kappa shape index (κ2) is 6.75. The first-order valence-electron chi connectivity index (χ1n) is 7.73. The number of nitro benzene ring substituents is 1. The number of carbonyl (C=O) groups excluding carboxylic acids is 3. The Morgan fingerprint density at radius 1 is 1.12 bits per heavy atom. The van der Waals surface area contributed by atoms with Gasteiger partial charge in [-0.3, -0.25) is 29.4 Å². The minimum Gasteiger partial charge on any atom is -0.459 e. The fraction of sp³-hybridized carbons (Fsp3) is 0.167. The van der Waals surface area contributed by atoms with E-state index in [2.05, 4.69) is 0 Å². The quantitative estimate of drug-likeness (QED) is 0.353. The molecule has 0 unspecified atom stereocenters. The molecule has 0 atom stereocenters. The Morgan fingerprint density at radius 2 is 1.81 bits per heavy atom. The highest BCUT2D eigenvalue weighted by atomic mass is 16.6. The van der Waals surface area contributed by atoms with Gasteiger partial charge in [-0.25, -0.2) is 0 Å². The van der Waals surface area contributed by atoms with E-state index in [9.17, 15) is 24.5 Å². The van der Waals surface area contributed by atoms with Crippen LogP contribution in [-0.2, 0) is 16.1 Å². The van der Waals surface area contributed by atoms with Gasteiger partial charge in [0.1, 0.15) is 18.7 Å². The topological polar surface area (TPSA) is 107 Å². The van der Waals surface area contributed by atoms with Crippen molar-refractivity contribution in [2.24, 2.45) is 0 Å². The Hall–Kier alpha value is -3.55. The van der Waals surface area contributed by atoms with E-state index < -0.39 is 34.9 Å². The molecule has 26 heavy (non-hydrogen) atoms. The zero-order chi connectivity index (χ0) is 18.8. The fourth-order valence-corrected chi connectivity index (χ4v) is 2.63. The summed E-state index contributed by atoms with van der Waals surface area (Å²) in [5, 5.41) is 11.1. The summed E-state index contributed by atoms with van der Waals surface area (Å²) >= 11 is 0. The molecule has 0 fully saturated rings. The number of amides is 2. The van der Waals surface area contributed by atoms with Crippen LogP contribution in [0.1, 0.15) is 31.8 Å². The maximum atomic E-state index is 12.4. The molecule has 0 saturated carbocycles. The van der Waals surface area contributed by atoms with Crippen LogP contribution in [0, 0.1) is 17.0 Å². The zero-order valence-electron chi connectivity index (χ0n) is 13.8. The summed E-state index contributed by atoms with van der Waals surface area (Å²) in [5.74, 6) is -2.40. The average molecular weight is 354 g/mol. The van der Waals surface area contributed by atoms with Gasteiger partial charge in [0.25, 0.3) is 17.5 Å². The van der Waals surface area contributed by atoms with Gasteiger partial charge < -0.3 is 4.74 Å². The van der Waals surface area contributed by atoms with Crippen LogP contribution in [0.3, 0.4) is 0 Å². The lowest BCUT2D eigenvalue weighted by atomic mass is 10.1. The number of fused-ring (bicyclic) bond motifs is 1. The number of nitrogens with zero attached hydrogens (tertiary/aromatic N) is 2. The number of ether oxygens (including phenoxy) is 1. The molecular weight excluding hydrogens is 340 g/mol. The van der Waals surface area contributed by atoms with Gasteiger partial charge in [-0.05, 0) is 18.6 Å². The second-order valence-electron chi connectivity index (χ2n) is 5.80. The van der Waals surface area contributed by atoms with Crippen molar-refractivity contribution in [3.8, 4) is 0 Å². The van der Waals surface area contributed by atoms with Crippen LogP contribution in [0.2, 0.25) is 0 Å². The molecular formula is C18H14N2O6. The summed E-state index contributed by atoms with van der Waals surface area (Å²) in [6.07, 6.45) is 0. The first kappa shape index (κ1) is 17.3. The Bertz CT molecular complexity index is 920. The van der Waals surface area contributed by atoms with Crippen LogP contribution in [0.4, 0.5) is 5.69 Å². The molecule has 2 aromatic rings. The van der Waals surface area contributed by atoms with Gasteiger partial charge in [-0.15, -0.1) is 0 Å². The Morgan fingerprint density at radius 3 is 2.46 bits per heavy atom. The highest BCUT2D eigenvalue weighted by Crippen LogP contribution is 2.30. The number of benzene rings is 2. The minimum atomic E-state index is -0.871. The lowest BCUT2D eigenvalue weighted by molar-refractivity contribution is -0.385. The Labute approximate surface area is 148 Å². The van der Waals surface area contributed by atoms with E-state index in [1.165, 1.54) is 12.1 Å². The van der Waals surface area contributed by atoms with Crippen molar-refractivity contribution in [2.75, 3.05) is 6.54 Å². The average Bonchev–Trinajstić information content (AvgIpc) is 2.86. The molecule has 0 aromatic heterocycles. The number of carbonyl (C=O) groups is 3. The number of imide groups is 1. The van der Waals surface area contributed by atoms with Crippen LogP contribution in [-0.4, -0.2) is 34.2 Å². The number of hydrogen-bond acceptors (Lipinski definition) is 6. The summed E-state index contributed by atoms with van der Waals surface area (Å²) in [6.45, 7) is 1.33. The lowest BCUT2D eigenvalue weighted by Crippen LogP contribution is -2.35. The van der Waals surface area contributed by atoms with Gasteiger partial charge in [-0.1, -0.05) is 35.9 Å². The number of hydrogen-bond donors (Lipinski definition) is 0. The number of rotatable bonds is 5. The van der Waals surface area contributed by atoms with E-state index in [1.54, 1.807) is 12.1 Å². The van der Waals surface area contributed by atoms with Crippen molar-refractivity contribution in [1.29, 1.82) is 0 Å². The maximum Gasteiger partial charge on any atom is 0.326 e. The molecule has 0 radical (unpaired) electrons. The molecule has 1 aliphatic rings. The van der Waals surface area contributed by atoms with Crippen LogP contribution < -0.4 is 0 Å². The predicted molar refractivity (Wildman–Crippen MR) is 89.4 cm³/mol. The Kier molecular flexibility index (Phi) is 4.49. The summed E-state index contributed by atoms with van der Waals surface area (Å²) in [7, 11) is 0. The van der Waals surface area contributed by atoms with Crippen LogP contribution in [0.15, 0.2) is 42.5 Å². The van der Waals surface area contributed by atoms with Crippen molar-refractivity contribution in [3.63, 3.8) is 0 Å². The van der Waals surface area contributed by atoms with Crippen LogP contribution >= 0.6 is 0 Å². The highest BCUT2D eigenvalue weighted by Gasteiger charge is 2.41. The first-order chi connectivity index (χ1) is 12.4. The molecule has 2 aromatic carbocycles. The molecule has 1 heterocycles. The van der Waals surface area contributed by atoms with E-state index in [4.69, 9.17) is 4.74 Å². The molecule has 0 saturated heterocycles. The molecule has 0 aliphatic carbocycles. The highest BCUT2D eigenvalue weighted by molar-refractivity contribution is 6.24. The van der Waals surface area contributed by atoms with Gasteiger partial charge in [0.15, 0.2) is 0 Å². The van der Waals surface area contributed by atoms with E-state index in [0.717, 1.165) is 17.2 Å². The normalized spacial score (nSPS) is 12.9. The van der Waals surface area contributed by atoms with Gasteiger partial charge in [0.2, 0.25) is 0 Å².